The van der Waals surface area contributed by atoms with E-state index in [9.17, 15) is 9.50 Å². The Balaban J connectivity index is 2.53. The van der Waals surface area contributed by atoms with E-state index in [1.54, 1.807) is 12.1 Å². The molecule has 0 aliphatic heterocycles. The molecule has 0 fully saturated rings. The van der Waals surface area contributed by atoms with Crippen molar-refractivity contribution in [2.75, 3.05) is 6.61 Å². The van der Waals surface area contributed by atoms with Crippen LogP contribution in [0.3, 0.4) is 0 Å². The molecule has 1 N–H and O–H groups in total. The van der Waals surface area contributed by atoms with Crippen molar-refractivity contribution >= 4 is 0 Å². The highest BCUT2D eigenvalue weighted by atomic mass is 19.1. The van der Waals surface area contributed by atoms with Gasteiger partial charge in [-0.05, 0) is 37.1 Å². The summed E-state index contributed by atoms with van der Waals surface area (Å²) in [5.74, 6) is 0.292. The Kier molecular flexibility index (Phi) is 4.09. The third-order valence-electron chi connectivity index (χ3n) is 2.64. The van der Waals surface area contributed by atoms with Crippen molar-refractivity contribution in [1.29, 1.82) is 0 Å². The zero-order chi connectivity index (χ0) is 11.3. The minimum absolute atomic E-state index is 0.242. The summed E-state index contributed by atoms with van der Waals surface area (Å²) in [6, 6.07) is 5.79. The van der Waals surface area contributed by atoms with E-state index in [0.717, 1.165) is 0 Å². The second kappa shape index (κ2) is 5.12. The lowest BCUT2D eigenvalue weighted by atomic mass is 9.99. The van der Waals surface area contributed by atoms with Gasteiger partial charge in [0.1, 0.15) is 18.2 Å². The topological polar surface area (TPSA) is 29.5 Å². The molecule has 0 amide bonds. The summed E-state index contributed by atoms with van der Waals surface area (Å²) in [6.07, 6.45) is 1.29. The predicted molar refractivity (Wildman–Crippen MR) is 57.4 cm³/mol. The van der Waals surface area contributed by atoms with Gasteiger partial charge in [-0.1, -0.05) is 13.8 Å². The van der Waals surface area contributed by atoms with E-state index in [1.807, 2.05) is 13.8 Å². The molecule has 0 heterocycles. The average Bonchev–Trinajstić information content (AvgIpc) is 2.28. The van der Waals surface area contributed by atoms with Gasteiger partial charge in [-0.3, -0.25) is 0 Å². The first-order valence-electron chi connectivity index (χ1n) is 5.20. The van der Waals surface area contributed by atoms with Crippen LogP contribution in [0.15, 0.2) is 24.3 Å². The summed E-state index contributed by atoms with van der Waals surface area (Å²) in [6.45, 7) is 4.07. The molecule has 0 spiro atoms. The van der Waals surface area contributed by atoms with Gasteiger partial charge in [0.15, 0.2) is 0 Å². The standard InChI is InChI=1S/C12H17FO2/c1-3-12(14,4-2)9-15-11-7-5-10(13)6-8-11/h5-8,14H,3-4,9H2,1-2H3. The first-order valence-corrected chi connectivity index (χ1v) is 5.20. The van der Waals surface area contributed by atoms with E-state index in [2.05, 4.69) is 0 Å². The molecule has 3 heteroatoms. The summed E-state index contributed by atoms with van der Waals surface area (Å²) in [4.78, 5) is 0. The van der Waals surface area contributed by atoms with E-state index in [-0.39, 0.29) is 12.4 Å². The van der Waals surface area contributed by atoms with Crippen LogP contribution in [0.1, 0.15) is 26.7 Å². The molecular formula is C12H17FO2. The Bertz CT molecular complexity index is 291. The third kappa shape index (κ3) is 3.51. The predicted octanol–water partition coefficient (Wildman–Crippen LogP) is 2.76. The first kappa shape index (κ1) is 12.0. The number of hydrogen-bond donors (Lipinski definition) is 1. The van der Waals surface area contributed by atoms with E-state index in [4.69, 9.17) is 4.74 Å². The zero-order valence-electron chi connectivity index (χ0n) is 9.16. The Morgan fingerprint density at radius 1 is 1.20 bits per heavy atom. The van der Waals surface area contributed by atoms with Crippen LogP contribution < -0.4 is 4.74 Å². The molecule has 1 aromatic rings. The van der Waals surface area contributed by atoms with Crippen molar-refractivity contribution in [3.05, 3.63) is 30.1 Å². The molecule has 84 valence electrons. The van der Waals surface area contributed by atoms with Gasteiger partial charge >= 0.3 is 0 Å². The minimum atomic E-state index is -0.783. The van der Waals surface area contributed by atoms with Crippen molar-refractivity contribution < 1.29 is 14.2 Å². The lowest BCUT2D eigenvalue weighted by Crippen LogP contribution is -2.34. The Labute approximate surface area is 89.7 Å². The maximum Gasteiger partial charge on any atom is 0.123 e. The molecule has 0 aromatic heterocycles. The normalized spacial score (nSPS) is 11.5. The van der Waals surface area contributed by atoms with Gasteiger partial charge < -0.3 is 9.84 Å². The number of rotatable bonds is 5. The second-order valence-corrected chi connectivity index (χ2v) is 3.67. The number of hydrogen-bond acceptors (Lipinski definition) is 2. The maximum atomic E-state index is 12.6. The Hall–Kier alpha value is -1.09. The smallest absolute Gasteiger partial charge is 0.123 e. The van der Waals surface area contributed by atoms with Gasteiger partial charge in [0.05, 0.1) is 5.60 Å². The van der Waals surface area contributed by atoms with E-state index < -0.39 is 5.60 Å². The van der Waals surface area contributed by atoms with Crippen LogP contribution in [0.2, 0.25) is 0 Å². The molecule has 1 aromatic carbocycles. The molecule has 0 radical (unpaired) electrons. The van der Waals surface area contributed by atoms with Crippen LogP contribution >= 0.6 is 0 Å². The molecule has 0 unspecified atom stereocenters. The Morgan fingerprint density at radius 2 is 1.73 bits per heavy atom. The highest BCUT2D eigenvalue weighted by Gasteiger charge is 2.22. The lowest BCUT2D eigenvalue weighted by molar-refractivity contribution is -0.0113. The number of halogens is 1. The largest absolute Gasteiger partial charge is 0.491 e. The van der Waals surface area contributed by atoms with Crippen molar-refractivity contribution in [3.63, 3.8) is 0 Å². The molecule has 0 aliphatic rings. The summed E-state index contributed by atoms with van der Waals surface area (Å²) in [5.41, 5.74) is -0.783. The van der Waals surface area contributed by atoms with E-state index in [0.29, 0.717) is 18.6 Å². The molecule has 1 rings (SSSR count). The minimum Gasteiger partial charge on any atom is -0.491 e. The van der Waals surface area contributed by atoms with Crippen LogP contribution in [0, 0.1) is 5.82 Å². The first-order chi connectivity index (χ1) is 7.09. The molecule has 0 aliphatic carbocycles. The summed E-state index contributed by atoms with van der Waals surface area (Å²) in [7, 11) is 0. The number of ether oxygens (including phenoxy) is 1. The highest BCUT2D eigenvalue weighted by Crippen LogP contribution is 2.18. The maximum absolute atomic E-state index is 12.6. The van der Waals surface area contributed by atoms with Gasteiger partial charge in [-0.25, -0.2) is 4.39 Å². The fourth-order valence-corrected chi connectivity index (χ4v) is 1.20. The summed E-state index contributed by atoms with van der Waals surface area (Å²) in [5, 5.41) is 9.95. The summed E-state index contributed by atoms with van der Waals surface area (Å²) >= 11 is 0. The number of aliphatic hydroxyl groups is 1. The van der Waals surface area contributed by atoms with E-state index in [1.165, 1.54) is 12.1 Å². The molecule has 2 nitrogen and oxygen atoms in total. The summed E-state index contributed by atoms with van der Waals surface area (Å²) < 4.78 is 18.0. The van der Waals surface area contributed by atoms with Crippen molar-refractivity contribution in [3.8, 4) is 5.75 Å². The fraction of sp³-hybridized carbons (Fsp3) is 0.500. The molecule has 0 bridgehead atoms. The van der Waals surface area contributed by atoms with E-state index >= 15 is 0 Å². The monoisotopic (exact) mass is 212 g/mol. The van der Waals surface area contributed by atoms with Crippen LogP contribution in [0.4, 0.5) is 4.39 Å². The third-order valence-corrected chi connectivity index (χ3v) is 2.64. The number of benzene rings is 1. The lowest BCUT2D eigenvalue weighted by Gasteiger charge is -2.25. The van der Waals surface area contributed by atoms with Gasteiger partial charge in [0, 0.05) is 0 Å². The van der Waals surface area contributed by atoms with Crippen LogP contribution in [-0.4, -0.2) is 17.3 Å². The van der Waals surface area contributed by atoms with Crippen LogP contribution in [0.25, 0.3) is 0 Å². The van der Waals surface area contributed by atoms with Crippen LogP contribution in [-0.2, 0) is 0 Å². The van der Waals surface area contributed by atoms with Crippen LogP contribution in [0.5, 0.6) is 5.75 Å². The molecule has 0 saturated carbocycles. The molecule has 0 saturated heterocycles. The molecule has 0 atom stereocenters. The van der Waals surface area contributed by atoms with Crippen molar-refractivity contribution in [2.45, 2.75) is 32.3 Å². The van der Waals surface area contributed by atoms with Gasteiger partial charge in [0.25, 0.3) is 0 Å². The zero-order valence-corrected chi connectivity index (χ0v) is 9.16. The Morgan fingerprint density at radius 3 is 2.20 bits per heavy atom. The SMILES string of the molecule is CCC(O)(CC)COc1ccc(F)cc1. The quantitative estimate of drug-likeness (QED) is 0.813. The van der Waals surface area contributed by atoms with Gasteiger partial charge in [-0.15, -0.1) is 0 Å². The second-order valence-electron chi connectivity index (χ2n) is 3.67. The van der Waals surface area contributed by atoms with Gasteiger partial charge in [0.2, 0.25) is 0 Å². The highest BCUT2D eigenvalue weighted by molar-refractivity contribution is 5.22. The van der Waals surface area contributed by atoms with Crippen molar-refractivity contribution in [1.82, 2.24) is 0 Å². The average molecular weight is 212 g/mol. The fourth-order valence-electron chi connectivity index (χ4n) is 1.20. The van der Waals surface area contributed by atoms with Crippen molar-refractivity contribution in [2.24, 2.45) is 0 Å². The van der Waals surface area contributed by atoms with Gasteiger partial charge in [-0.2, -0.15) is 0 Å². The molecule has 15 heavy (non-hydrogen) atoms. The molecular weight excluding hydrogens is 195 g/mol.